The van der Waals surface area contributed by atoms with Crippen molar-refractivity contribution in [3.8, 4) is 0 Å². The molecule has 0 amide bonds. The normalized spacial score (nSPS) is 15.6. The summed E-state index contributed by atoms with van der Waals surface area (Å²) in [6.45, 7) is 21.2. The molecular weight excluding hydrogens is 424 g/mol. The molecule has 1 fully saturated rings. The fourth-order valence-corrected chi connectivity index (χ4v) is 3.50. The highest BCUT2D eigenvalue weighted by Crippen LogP contribution is 2.07. The highest BCUT2D eigenvalue weighted by molar-refractivity contribution is 4.71. The Morgan fingerprint density at radius 1 is 0.515 bits per heavy atom. The first-order chi connectivity index (χ1) is 16.2. The van der Waals surface area contributed by atoms with Crippen LogP contribution in [0.25, 0.3) is 0 Å². The Morgan fingerprint density at radius 2 is 0.879 bits per heavy atom. The van der Waals surface area contributed by atoms with Crippen molar-refractivity contribution in [2.45, 2.75) is 40.0 Å². The molecule has 1 saturated heterocycles. The van der Waals surface area contributed by atoms with Crippen LogP contribution in [-0.2, 0) is 28.4 Å². The van der Waals surface area contributed by atoms with Crippen molar-refractivity contribution < 1.29 is 28.4 Å². The van der Waals surface area contributed by atoms with Gasteiger partial charge in [-0.2, -0.15) is 0 Å². The molecule has 0 N–H and O–H groups in total. The first kappa shape index (κ1) is 30.7. The molecule has 0 radical (unpaired) electrons. The van der Waals surface area contributed by atoms with Crippen LogP contribution in [0.3, 0.4) is 0 Å². The minimum atomic E-state index is 0.574. The molecular formula is C25H52N2O6. The fourth-order valence-electron chi connectivity index (χ4n) is 3.50. The van der Waals surface area contributed by atoms with E-state index < -0.39 is 0 Å². The summed E-state index contributed by atoms with van der Waals surface area (Å²) < 4.78 is 33.0. The molecule has 0 atom stereocenters. The lowest BCUT2D eigenvalue weighted by Gasteiger charge is -2.34. The third kappa shape index (κ3) is 20.7. The van der Waals surface area contributed by atoms with Gasteiger partial charge in [-0.25, -0.2) is 0 Å². The van der Waals surface area contributed by atoms with Crippen LogP contribution in [0.1, 0.15) is 40.0 Å². The van der Waals surface area contributed by atoms with Crippen LogP contribution < -0.4 is 0 Å². The van der Waals surface area contributed by atoms with Crippen LogP contribution in [0.4, 0.5) is 0 Å². The lowest BCUT2D eigenvalue weighted by atomic mass is 10.1. The Hall–Kier alpha value is -0.320. The van der Waals surface area contributed by atoms with E-state index in [9.17, 15) is 0 Å². The van der Waals surface area contributed by atoms with Gasteiger partial charge in [0.15, 0.2) is 0 Å². The van der Waals surface area contributed by atoms with Crippen molar-refractivity contribution in [1.29, 1.82) is 0 Å². The number of ether oxygens (including phenoxy) is 6. The standard InChI is InChI=1S/C25H52N2O6/c1-4-13-28-15-17-30-19-21-32-23-24-33-22-20-31-18-16-29-14-12-27-10-8-26(9-11-27)7-5-6-25(2)3/h25H,4-24H2,1-3H3. The third-order valence-corrected chi connectivity index (χ3v) is 5.48. The molecule has 1 aliphatic heterocycles. The lowest BCUT2D eigenvalue weighted by molar-refractivity contribution is -0.0179. The second-order valence-electron chi connectivity index (χ2n) is 8.89. The Kier molecular flexibility index (Phi) is 21.8. The Balaban J connectivity index is 1.72. The molecule has 8 heteroatoms. The summed E-state index contributed by atoms with van der Waals surface area (Å²) in [6, 6.07) is 0. The van der Waals surface area contributed by atoms with Gasteiger partial charge in [-0.15, -0.1) is 0 Å². The van der Waals surface area contributed by atoms with Crippen LogP contribution in [0.5, 0.6) is 0 Å². The average Bonchev–Trinajstić information content (AvgIpc) is 2.81. The highest BCUT2D eigenvalue weighted by Gasteiger charge is 2.16. The van der Waals surface area contributed by atoms with Crippen molar-refractivity contribution in [2.75, 3.05) is 119 Å². The molecule has 1 aliphatic rings. The second kappa shape index (κ2) is 23.4. The number of nitrogens with zero attached hydrogens (tertiary/aromatic N) is 2. The Labute approximate surface area is 203 Å². The van der Waals surface area contributed by atoms with Gasteiger partial charge < -0.3 is 33.3 Å². The molecule has 0 bridgehead atoms. The summed E-state index contributed by atoms with van der Waals surface area (Å²) in [5, 5.41) is 0. The quantitative estimate of drug-likeness (QED) is 0.197. The van der Waals surface area contributed by atoms with E-state index in [1.807, 2.05) is 0 Å². The summed E-state index contributed by atoms with van der Waals surface area (Å²) in [7, 11) is 0. The molecule has 0 aromatic heterocycles. The first-order valence-corrected chi connectivity index (χ1v) is 13.1. The summed E-state index contributed by atoms with van der Waals surface area (Å²) in [6.07, 6.45) is 3.70. The minimum Gasteiger partial charge on any atom is -0.379 e. The van der Waals surface area contributed by atoms with E-state index in [0.717, 1.165) is 45.2 Å². The summed E-state index contributed by atoms with van der Waals surface area (Å²) >= 11 is 0. The molecule has 0 aromatic carbocycles. The van der Waals surface area contributed by atoms with E-state index in [-0.39, 0.29) is 0 Å². The van der Waals surface area contributed by atoms with Gasteiger partial charge in [0.05, 0.1) is 72.7 Å². The SMILES string of the molecule is CCCOCCOCCOCCOCCOCCOCCN1CCN(CCCC(C)C)CC1. The van der Waals surface area contributed by atoms with E-state index in [1.165, 1.54) is 32.5 Å². The molecule has 0 saturated carbocycles. The molecule has 198 valence electrons. The van der Waals surface area contributed by atoms with Crippen LogP contribution in [0.2, 0.25) is 0 Å². The molecule has 33 heavy (non-hydrogen) atoms. The summed E-state index contributed by atoms with van der Waals surface area (Å²) in [4.78, 5) is 5.10. The number of piperazine rings is 1. The minimum absolute atomic E-state index is 0.574. The predicted molar refractivity (Wildman–Crippen MR) is 132 cm³/mol. The zero-order valence-corrected chi connectivity index (χ0v) is 21.8. The van der Waals surface area contributed by atoms with Gasteiger partial charge >= 0.3 is 0 Å². The van der Waals surface area contributed by atoms with Crippen LogP contribution in [-0.4, -0.2) is 128 Å². The van der Waals surface area contributed by atoms with E-state index >= 15 is 0 Å². The van der Waals surface area contributed by atoms with E-state index in [1.54, 1.807) is 0 Å². The number of hydrogen-bond donors (Lipinski definition) is 0. The number of rotatable bonds is 24. The Morgan fingerprint density at radius 3 is 1.27 bits per heavy atom. The monoisotopic (exact) mass is 476 g/mol. The average molecular weight is 477 g/mol. The second-order valence-corrected chi connectivity index (χ2v) is 8.89. The van der Waals surface area contributed by atoms with Gasteiger partial charge in [0, 0.05) is 39.3 Å². The van der Waals surface area contributed by atoms with E-state index in [0.29, 0.717) is 66.1 Å². The molecule has 0 aromatic rings. The maximum absolute atomic E-state index is 5.71. The zero-order chi connectivity index (χ0) is 23.8. The maximum atomic E-state index is 5.71. The van der Waals surface area contributed by atoms with Gasteiger partial charge in [0.2, 0.25) is 0 Å². The van der Waals surface area contributed by atoms with Gasteiger partial charge in [-0.1, -0.05) is 20.8 Å². The zero-order valence-electron chi connectivity index (χ0n) is 21.8. The van der Waals surface area contributed by atoms with Crippen molar-refractivity contribution in [3.05, 3.63) is 0 Å². The predicted octanol–water partition coefficient (Wildman–Crippen LogP) is 2.55. The van der Waals surface area contributed by atoms with E-state index in [2.05, 4.69) is 30.6 Å². The van der Waals surface area contributed by atoms with Crippen molar-refractivity contribution in [2.24, 2.45) is 5.92 Å². The molecule has 0 aliphatic carbocycles. The van der Waals surface area contributed by atoms with Crippen molar-refractivity contribution in [3.63, 3.8) is 0 Å². The van der Waals surface area contributed by atoms with Gasteiger partial charge in [0.25, 0.3) is 0 Å². The topological polar surface area (TPSA) is 61.9 Å². The molecule has 8 nitrogen and oxygen atoms in total. The largest absolute Gasteiger partial charge is 0.379 e. The Bertz CT molecular complexity index is 395. The lowest BCUT2D eigenvalue weighted by Crippen LogP contribution is -2.47. The number of hydrogen-bond acceptors (Lipinski definition) is 8. The van der Waals surface area contributed by atoms with Crippen molar-refractivity contribution >= 4 is 0 Å². The highest BCUT2D eigenvalue weighted by atomic mass is 16.6. The van der Waals surface area contributed by atoms with Gasteiger partial charge in [0.1, 0.15) is 0 Å². The fraction of sp³-hybridized carbons (Fsp3) is 1.00. The maximum Gasteiger partial charge on any atom is 0.0701 e. The van der Waals surface area contributed by atoms with E-state index in [4.69, 9.17) is 28.4 Å². The van der Waals surface area contributed by atoms with Crippen LogP contribution in [0.15, 0.2) is 0 Å². The van der Waals surface area contributed by atoms with Crippen LogP contribution >= 0.6 is 0 Å². The van der Waals surface area contributed by atoms with Gasteiger partial charge in [-0.3, -0.25) is 4.90 Å². The van der Waals surface area contributed by atoms with Crippen molar-refractivity contribution in [1.82, 2.24) is 9.80 Å². The summed E-state index contributed by atoms with van der Waals surface area (Å²) in [5.74, 6) is 0.816. The molecule has 0 spiro atoms. The molecule has 1 heterocycles. The van der Waals surface area contributed by atoms with Crippen LogP contribution in [0, 0.1) is 5.92 Å². The first-order valence-electron chi connectivity index (χ1n) is 13.1. The van der Waals surface area contributed by atoms with Gasteiger partial charge in [-0.05, 0) is 31.7 Å². The summed E-state index contributed by atoms with van der Waals surface area (Å²) in [5.41, 5.74) is 0. The smallest absolute Gasteiger partial charge is 0.0701 e. The molecule has 1 rings (SSSR count). The third-order valence-electron chi connectivity index (χ3n) is 5.48. The molecule has 0 unspecified atom stereocenters.